The molecular weight excluding hydrogens is 1390 g/mol. The van der Waals surface area contributed by atoms with Crippen molar-refractivity contribution in [2.24, 2.45) is 16.7 Å². The van der Waals surface area contributed by atoms with E-state index < -0.39 is 0 Å². The summed E-state index contributed by atoms with van der Waals surface area (Å²) in [5, 5.41) is 0. The third kappa shape index (κ3) is 50.0. The van der Waals surface area contributed by atoms with Crippen molar-refractivity contribution in [2.75, 3.05) is 14.2 Å². The Balaban J connectivity index is 0.00000126. The molecule has 2 unspecified atom stereocenters. The highest BCUT2D eigenvalue weighted by molar-refractivity contribution is 5.68. The molecule has 10 aromatic rings. The zero-order valence-electron chi connectivity index (χ0n) is 79.3. The molecule has 0 bridgehead atoms. The van der Waals surface area contributed by atoms with Crippen LogP contribution in [0.2, 0.25) is 0 Å². The van der Waals surface area contributed by atoms with E-state index in [0.29, 0.717) is 10.8 Å². The Morgan fingerprint density at radius 1 is 0.296 bits per heavy atom. The van der Waals surface area contributed by atoms with Crippen molar-refractivity contribution < 1.29 is 14.2 Å². The van der Waals surface area contributed by atoms with Crippen LogP contribution in [0.15, 0.2) is 218 Å². The fourth-order valence-electron chi connectivity index (χ4n) is 12.9. The third-order valence-electron chi connectivity index (χ3n) is 20.4. The Kier molecular flexibility index (Phi) is 58.2. The van der Waals surface area contributed by atoms with Gasteiger partial charge in [0.25, 0.3) is 0 Å². The first-order chi connectivity index (χ1) is 54.7. The van der Waals surface area contributed by atoms with E-state index in [1.165, 1.54) is 179 Å². The Bertz CT molecular complexity index is 3710. The number of ether oxygens (including phenoxy) is 3. The lowest BCUT2D eigenvalue weighted by molar-refractivity contribution is 0.0581. The van der Waals surface area contributed by atoms with Crippen LogP contribution in [0.3, 0.4) is 0 Å². The maximum Gasteiger partial charge on any atom is 0.127 e. The fourth-order valence-corrected chi connectivity index (χ4v) is 12.9. The average Bonchev–Trinajstić information content (AvgIpc) is 0.818. The van der Waals surface area contributed by atoms with Crippen molar-refractivity contribution in [3.63, 3.8) is 0 Å². The van der Waals surface area contributed by atoms with Crippen LogP contribution in [-0.2, 0) is 25.7 Å². The lowest BCUT2D eigenvalue weighted by Crippen LogP contribution is -2.34. The van der Waals surface area contributed by atoms with E-state index in [1.54, 1.807) is 14.2 Å². The molecule has 0 N–H and O–H groups in total. The van der Waals surface area contributed by atoms with E-state index in [1.807, 2.05) is 62.4 Å². The first-order valence-corrected chi connectivity index (χ1v) is 44.2. The monoisotopic (exact) mass is 1560 g/mol. The average molecular weight is 1560 g/mol. The molecular formula is C112H166O3. The van der Waals surface area contributed by atoms with Crippen LogP contribution < -0.4 is 14.2 Å². The Labute approximate surface area is 709 Å². The molecule has 10 aromatic carbocycles. The van der Waals surface area contributed by atoms with Crippen LogP contribution >= 0.6 is 0 Å². The molecule has 0 heterocycles. The second-order valence-electron chi connectivity index (χ2n) is 33.1. The molecule has 3 heteroatoms. The number of benzene rings is 10. The zero-order chi connectivity index (χ0) is 86.7. The molecule has 0 aromatic heterocycles. The summed E-state index contributed by atoms with van der Waals surface area (Å²) in [5.74, 6) is 4.51. The minimum absolute atomic E-state index is 0.586. The van der Waals surface area contributed by atoms with Gasteiger partial charge in [-0.05, 0) is 260 Å². The molecule has 0 spiro atoms. The van der Waals surface area contributed by atoms with Gasteiger partial charge in [-0.15, -0.1) is 0 Å². The van der Waals surface area contributed by atoms with Gasteiger partial charge in [0.05, 0.1) is 14.2 Å². The van der Waals surface area contributed by atoms with Crippen LogP contribution in [0.5, 0.6) is 23.0 Å². The molecule has 1 aliphatic rings. The third-order valence-corrected chi connectivity index (χ3v) is 20.4. The molecule has 115 heavy (non-hydrogen) atoms. The molecule has 632 valence electrons. The summed E-state index contributed by atoms with van der Waals surface area (Å²) >= 11 is 0. The van der Waals surface area contributed by atoms with E-state index in [9.17, 15) is 0 Å². The second kappa shape index (κ2) is 62.8. The molecule has 0 aliphatic heterocycles. The SMILES string of the molecule is CCC.CCC1(C)CC(C)CC(C)(C)C1.CCCC.CCCCC.CCCCCC.CCc1ccc(C)cc1.CCc1ccc(CC)cc1.COc1cc(-c2ccc(C)c(OC)c2)ccc1C.Cc1ccc(C)c(C)c1.Cc1ccc(C)c(C)c1.Cc1ccc(Cc2ccc(C)cc2)cc1.Cc1ccc(Oc2ccc(C)cc2)cc1. The van der Waals surface area contributed by atoms with Gasteiger partial charge in [-0.2, -0.15) is 0 Å². The molecule has 0 amide bonds. The van der Waals surface area contributed by atoms with E-state index in [4.69, 9.17) is 14.2 Å². The van der Waals surface area contributed by atoms with Crippen molar-refractivity contribution in [1.82, 2.24) is 0 Å². The highest BCUT2D eigenvalue weighted by Gasteiger charge is 2.38. The molecule has 1 aliphatic carbocycles. The van der Waals surface area contributed by atoms with Gasteiger partial charge in [0, 0.05) is 0 Å². The number of rotatable bonds is 17. The van der Waals surface area contributed by atoms with E-state index in [-0.39, 0.29) is 0 Å². The number of methoxy groups -OCH3 is 2. The molecule has 0 saturated heterocycles. The predicted molar refractivity (Wildman–Crippen MR) is 516 cm³/mol. The molecule has 2 atom stereocenters. The highest BCUT2D eigenvalue weighted by Crippen LogP contribution is 2.50. The minimum Gasteiger partial charge on any atom is -0.496 e. The Hall–Kier alpha value is -8.40. The molecule has 1 fully saturated rings. The van der Waals surface area contributed by atoms with Crippen molar-refractivity contribution in [3.8, 4) is 34.1 Å². The van der Waals surface area contributed by atoms with Crippen molar-refractivity contribution in [1.29, 1.82) is 0 Å². The molecule has 3 nitrogen and oxygen atoms in total. The summed E-state index contributed by atoms with van der Waals surface area (Å²) < 4.78 is 16.4. The van der Waals surface area contributed by atoms with Crippen molar-refractivity contribution in [2.45, 2.75) is 316 Å². The number of hydrogen-bond donors (Lipinski definition) is 0. The van der Waals surface area contributed by atoms with Crippen LogP contribution in [0.25, 0.3) is 11.1 Å². The Morgan fingerprint density at radius 2 is 0.574 bits per heavy atom. The van der Waals surface area contributed by atoms with Gasteiger partial charge in [-0.3, -0.25) is 0 Å². The standard InChI is InChI=1S/C16H18O2.C15H16.C14H14O.C12H24.C10H14.3C9H12.C6H14.C5H12.C4H10.C3H8/c1-11-5-7-13(9-15(11)17-3)14-8-6-12(2)16(10-14)18-4;1-12-3-7-14(8-4-12)11-15-9-5-13(2)6-10-15;1-11-3-7-13(8-4-11)15-14-9-5-12(2)6-10-14;1-6-12(5)8-10(2)7-11(3,4)9-12;1-3-9-5-7-10(4-2)8-6-9;2*1-7-4-5-8(2)9(3)6-7;1-3-9-6-4-8(2)5-7-9;1-3-5-6-4-2;1-3-5-4-2;1-3-4-2;1-3-2/h5-10H,1-4H3;3-10H,11H2,1-2H3;3-10H,1-2H3;10H,6-9H2,1-5H3;5-8H,3-4H2,1-2H3;2*4-6H,1-3H3;4-7H,3H2,1-2H3;3-6H2,1-2H3;3-5H2,1-2H3;3-4H2,1-2H3;3H2,1-2H3. The smallest absolute Gasteiger partial charge is 0.127 e. The minimum atomic E-state index is 0.586. The lowest BCUT2D eigenvalue weighted by Gasteiger charge is -2.45. The lowest BCUT2D eigenvalue weighted by atomic mass is 9.60. The van der Waals surface area contributed by atoms with Gasteiger partial charge in [0.1, 0.15) is 23.0 Å². The van der Waals surface area contributed by atoms with Crippen LogP contribution in [0.4, 0.5) is 0 Å². The number of aryl methyl sites for hydroxylation is 16. The quantitative estimate of drug-likeness (QED) is 0.0851. The van der Waals surface area contributed by atoms with Crippen molar-refractivity contribution >= 4 is 0 Å². The summed E-state index contributed by atoms with van der Waals surface area (Å²) in [7, 11) is 3.39. The van der Waals surface area contributed by atoms with Crippen molar-refractivity contribution in [3.05, 3.63) is 319 Å². The Morgan fingerprint density at radius 3 is 0.817 bits per heavy atom. The first-order valence-electron chi connectivity index (χ1n) is 44.2. The topological polar surface area (TPSA) is 27.7 Å². The highest BCUT2D eigenvalue weighted by atomic mass is 16.5. The zero-order valence-corrected chi connectivity index (χ0v) is 79.3. The molecule has 11 rings (SSSR count). The van der Waals surface area contributed by atoms with Gasteiger partial charge < -0.3 is 14.2 Å². The van der Waals surface area contributed by atoms with Gasteiger partial charge in [-0.1, -0.05) is 402 Å². The fraction of sp³-hybridized carbons (Fsp3) is 0.464. The van der Waals surface area contributed by atoms with Gasteiger partial charge in [0.15, 0.2) is 0 Å². The van der Waals surface area contributed by atoms with Gasteiger partial charge >= 0.3 is 0 Å². The summed E-state index contributed by atoms with van der Waals surface area (Å²) in [6.07, 6.45) is 23.6. The van der Waals surface area contributed by atoms with Gasteiger partial charge in [-0.25, -0.2) is 0 Å². The largest absolute Gasteiger partial charge is 0.496 e. The predicted octanol–water partition coefficient (Wildman–Crippen LogP) is 34.8. The molecule has 1 saturated carbocycles. The second-order valence-corrected chi connectivity index (χ2v) is 33.1. The summed E-state index contributed by atoms with van der Waals surface area (Å²) in [6, 6.07) is 76.5. The van der Waals surface area contributed by atoms with Crippen LogP contribution in [0, 0.1) is 107 Å². The van der Waals surface area contributed by atoms with Crippen LogP contribution in [-0.4, -0.2) is 14.2 Å². The van der Waals surface area contributed by atoms with E-state index in [0.717, 1.165) is 76.9 Å². The van der Waals surface area contributed by atoms with E-state index in [2.05, 4.69) is 357 Å². The van der Waals surface area contributed by atoms with E-state index >= 15 is 0 Å². The van der Waals surface area contributed by atoms with Gasteiger partial charge in [0.2, 0.25) is 0 Å². The molecule has 0 radical (unpaired) electrons. The normalized spacial score (nSPS) is 12.9. The number of unbranched alkanes of at least 4 members (excludes halogenated alkanes) is 6. The maximum absolute atomic E-state index is 5.69. The summed E-state index contributed by atoms with van der Waals surface area (Å²) in [6.45, 7) is 63.4. The summed E-state index contributed by atoms with van der Waals surface area (Å²) in [5.41, 5.74) is 27.5. The summed E-state index contributed by atoms with van der Waals surface area (Å²) in [4.78, 5) is 0. The maximum atomic E-state index is 5.69. The number of hydrogen-bond acceptors (Lipinski definition) is 3. The first kappa shape index (κ1) is 107. The van der Waals surface area contributed by atoms with Crippen LogP contribution in [0.1, 0.15) is 301 Å².